The van der Waals surface area contributed by atoms with Gasteiger partial charge in [0, 0.05) is 12.0 Å². The molecule has 0 heterocycles. The van der Waals surface area contributed by atoms with Crippen molar-refractivity contribution in [2.45, 2.75) is 45.1 Å². The molecule has 2 heteroatoms. The van der Waals surface area contributed by atoms with E-state index >= 15 is 0 Å². The molecule has 0 radical (unpaired) electrons. The van der Waals surface area contributed by atoms with E-state index in [0.717, 1.165) is 18.4 Å². The van der Waals surface area contributed by atoms with Crippen LogP contribution in [0, 0.1) is 12.3 Å². The lowest BCUT2D eigenvalue weighted by Crippen LogP contribution is -2.46. The Morgan fingerprint density at radius 1 is 1.24 bits per heavy atom. The van der Waals surface area contributed by atoms with Crippen LogP contribution in [0.1, 0.15) is 43.7 Å². The van der Waals surface area contributed by atoms with Gasteiger partial charge in [-0.1, -0.05) is 42.7 Å². The molecule has 2 nitrogen and oxygen atoms in total. The van der Waals surface area contributed by atoms with E-state index in [4.69, 9.17) is 5.73 Å². The van der Waals surface area contributed by atoms with Gasteiger partial charge in [-0.25, -0.2) is 0 Å². The van der Waals surface area contributed by atoms with Gasteiger partial charge in [0.1, 0.15) is 0 Å². The van der Waals surface area contributed by atoms with Crippen LogP contribution < -0.4 is 5.73 Å². The Kier molecular flexibility index (Phi) is 3.28. The highest BCUT2D eigenvalue weighted by atomic mass is 16.3. The van der Waals surface area contributed by atoms with E-state index in [2.05, 4.69) is 19.1 Å². The molecule has 0 aromatic heterocycles. The third kappa shape index (κ3) is 2.00. The zero-order chi connectivity index (χ0) is 12.5. The van der Waals surface area contributed by atoms with Gasteiger partial charge in [0.05, 0.1) is 5.60 Å². The van der Waals surface area contributed by atoms with Crippen molar-refractivity contribution < 1.29 is 5.11 Å². The van der Waals surface area contributed by atoms with Crippen LogP contribution in [0.4, 0.5) is 0 Å². The molecule has 1 fully saturated rings. The van der Waals surface area contributed by atoms with E-state index in [9.17, 15) is 5.11 Å². The minimum Gasteiger partial charge on any atom is -0.385 e. The summed E-state index contributed by atoms with van der Waals surface area (Å²) in [5, 5.41) is 10.9. The fourth-order valence-corrected chi connectivity index (χ4v) is 3.13. The second kappa shape index (κ2) is 4.43. The molecule has 1 aromatic rings. The fourth-order valence-electron chi connectivity index (χ4n) is 3.13. The molecule has 1 atom stereocenters. The Balaban J connectivity index is 2.37. The zero-order valence-corrected chi connectivity index (χ0v) is 10.9. The van der Waals surface area contributed by atoms with E-state index in [-0.39, 0.29) is 5.41 Å². The van der Waals surface area contributed by atoms with Crippen molar-refractivity contribution in [1.82, 2.24) is 0 Å². The molecule has 17 heavy (non-hydrogen) atoms. The maximum Gasteiger partial charge on any atom is 0.0936 e. The molecule has 0 spiro atoms. The molecule has 94 valence electrons. The van der Waals surface area contributed by atoms with E-state index in [1.54, 1.807) is 0 Å². The third-order valence-electron chi connectivity index (χ3n) is 4.60. The average Bonchev–Trinajstić information content (AvgIpc) is 2.79. The minimum absolute atomic E-state index is 0.137. The number of aliphatic hydroxyl groups is 1. The van der Waals surface area contributed by atoms with Crippen molar-refractivity contribution in [2.75, 3.05) is 6.54 Å². The monoisotopic (exact) mass is 233 g/mol. The lowest BCUT2D eigenvalue weighted by atomic mass is 9.68. The van der Waals surface area contributed by atoms with Gasteiger partial charge in [0.25, 0.3) is 0 Å². The van der Waals surface area contributed by atoms with Crippen molar-refractivity contribution in [1.29, 1.82) is 0 Å². The maximum absolute atomic E-state index is 10.9. The molecule has 0 saturated heterocycles. The molecule has 1 aromatic carbocycles. The van der Waals surface area contributed by atoms with Gasteiger partial charge in [-0.15, -0.1) is 0 Å². The summed E-state index contributed by atoms with van der Waals surface area (Å²) in [5.41, 5.74) is 7.23. The molecular weight excluding hydrogens is 210 g/mol. The first-order chi connectivity index (χ1) is 8.02. The number of rotatable bonds is 3. The zero-order valence-electron chi connectivity index (χ0n) is 10.9. The molecule has 1 saturated carbocycles. The first kappa shape index (κ1) is 12.6. The Labute approximate surface area is 104 Å². The average molecular weight is 233 g/mol. The molecular formula is C15H23NO. The van der Waals surface area contributed by atoms with Crippen molar-refractivity contribution in [3.8, 4) is 0 Å². The number of aryl methyl sites for hydroxylation is 1. The largest absolute Gasteiger partial charge is 0.385 e. The summed E-state index contributed by atoms with van der Waals surface area (Å²) in [7, 11) is 0. The maximum atomic E-state index is 10.9. The lowest BCUT2D eigenvalue weighted by molar-refractivity contribution is -0.0693. The third-order valence-corrected chi connectivity index (χ3v) is 4.60. The molecule has 2 rings (SSSR count). The van der Waals surface area contributed by atoms with Crippen LogP contribution in [0.2, 0.25) is 0 Å². The summed E-state index contributed by atoms with van der Waals surface area (Å²) >= 11 is 0. The van der Waals surface area contributed by atoms with E-state index in [1.165, 1.54) is 18.4 Å². The van der Waals surface area contributed by atoms with Crippen LogP contribution in [-0.2, 0) is 5.60 Å². The highest BCUT2D eigenvalue weighted by molar-refractivity contribution is 5.28. The summed E-state index contributed by atoms with van der Waals surface area (Å²) in [6, 6.07) is 8.18. The van der Waals surface area contributed by atoms with Crippen molar-refractivity contribution in [3.63, 3.8) is 0 Å². The summed E-state index contributed by atoms with van der Waals surface area (Å²) in [5.74, 6) is 0. The Hall–Kier alpha value is -0.860. The highest BCUT2D eigenvalue weighted by Crippen LogP contribution is 2.50. The van der Waals surface area contributed by atoms with Gasteiger partial charge in [-0.05, 0) is 32.3 Å². The van der Waals surface area contributed by atoms with E-state index < -0.39 is 5.60 Å². The summed E-state index contributed by atoms with van der Waals surface area (Å²) in [6.45, 7) is 4.55. The summed E-state index contributed by atoms with van der Waals surface area (Å²) in [6.07, 6.45) is 4.42. The Morgan fingerprint density at radius 2 is 1.76 bits per heavy atom. The smallest absolute Gasteiger partial charge is 0.0936 e. The molecule has 0 amide bonds. The second-order valence-electron chi connectivity index (χ2n) is 5.63. The van der Waals surface area contributed by atoms with Crippen LogP contribution in [0.15, 0.2) is 24.3 Å². The summed E-state index contributed by atoms with van der Waals surface area (Å²) in [4.78, 5) is 0. The van der Waals surface area contributed by atoms with Crippen molar-refractivity contribution in [2.24, 2.45) is 11.1 Å². The number of benzene rings is 1. The van der Waals surface area contributed by atoms with E-state index in [1.807, 2.05) is 19.1 Å². The van der Waals surface area contributed by atoms with Gasteiger partial charge >= 0.3 is 0 Å². The molecule has 1 unspecified atom stereocenters. The summed E-state index contributed by atoms with van der Waals surface area (Å²) < 4.78 is 0. The van der Waals surface area contributed by atoms with Gasteiger partial charge < -0.3 is 10.8 Å². The molecule has 3 N–H and O–H groups in total. The predicted octanol–water partition coefficient (Wildman–Crippen LogP) is 2.72. The number of hydrogen-bond acceptors (Lipinski definition) is 2. The SMILES string of the molecule is Cc1ccc(C(C)(O)C2(CN)CCCC2)cc1. The van der Waals surface area contributed by atoms with Crippen LogP contribution in [0.5, 0.6) is 0 Å². The normalized spacial score (nSPS) is 22.4. The first-order valence-electron chi connectivity index (χ1n) is 6.51. The topological polar surface area (TPSA) is 46.2 Å². The van der Waals surface area contributed by atoms with E-state index in [0.29, 0.717) is 6.54 Å². The second-order valence-corrected chi connectivity index (χ2v) is 5.63. The Bertz CT molecular complexity index is 374. The van der Waals surface area contributed by atoms with Crippen LogP contribution in [-0.4, -0.2) is 11.7 Å². The molecule has 1 aliphatic carbocycles. The van der Waals surface area contributed by atoms with Crippen LogP contribution >= 0.6 is 0 Å². The standard InChI is InChI=1S/C15H23NO/c1-12-5-7-13(8-6-12)14(2,17)15(11-16)9-3-4-10-15/h5-8,17H,3-4,9-11,16H2,1-2H3. The molecule has 1 aliphatic rings. The van der Waals surface area contributed by atoms with Crippen molar-refractivity contribution in [3.05, 3.63) is 35.4 Å². The van der Waals surface area contributed by atoms with Gasteiger partial charge in [0.15, 0.2) is 0 Å². The minimum atomic E-state index is -0.814. The van der Waals surface area contributed by atoms with Gasteiger partial charge in [0.2, 0.25) is 0 Å². The Morgan fingerprint density at radius 3 is 2.24 bits per heavy atom. The molecule has 0 bridgehead atoms. The van der Waals surface area contributed by atoms with Gasteiger partial charge in [-0.2, -0.15) is 0 Å². The van der Waals surface area contributed by atoms with Crippen LogP contribution in [0.3, 0.4) is 0 Å². The predicted molar refractivity (Wildman–Crippen MR) is 70.7 cm³/mol. The van der Waals surface area contributed by atoms with Crippen molar-refractivity contribution >= 4 is 0 Å². The lowest BCUT2D eigenvalue weighted by Gasteiger charge is -2.42. The number of nitrogens with two attached hydrogens (primary N) is 1. The van der Waals surface area contributed by atoms with Crippen LogP contribution in [0.25, 0.3) is 0 Å². The highest BCUT2D eigenvalue weighted by Gasteiger charge is 2.48. The van der Waals surface area contributed by atoms with Gasteiger partial charge in [-0.3, -0.25) is 0 Å². The fraction of sp³-hybridized carbons (Fsp3) is 0.600. The quantitative estimate of drug-likeness (QED) is 0.843. The first-order valence-corrected chi connectivity index (χ1v) is 6.51. The number of hydrogen-bond donors (Lipinski definition) is 2. The molecule has 0 aliphatic heterocycles.